The van der Waals surface area contributed by atoms with Crippen molar-refractivity contribution < 1.29 is 26.4 Å². The Hall–Kier alpha value is -3.33. The lowest BCUT2D eigenvalue weighted by Gasteiger charge is -2.24. The first-order chi connectivity index (χ1) is 15.1. The Morgan fingerprint density at radius 1 is 1.00 bits per heavy atom. The molecule has 32 heavy (non-hydrogen) atoms. The number of nitrogens with zero attached hydrogens (tertiary/aromatic N) is 1. The Bertz CT molecular complexity index is 1260. The van der Waals surface area contributed by atoms with Gasteiger partial charge in [-0.25, -0.2) is 8.42 Å². The molecule has 0 aliphatic carbocycles. The molecule has 1 aliphatic heterocycles. The Morgan fingerprint density at radius 2 is 1.66 bits per heavy atom. The third-order valence-electron chi connectivity index (χ3n) is 5.26. The number of benzene rings is 3. The molecular formula is C23H19F3N2O3S. The van der Waals surface area contributed by atoms with E-state index < -0.39 is 27.7 Å². The summed E-state index contributed by atoms with van der Waals surface area (Å²) < 4.78 is 65.7. The molecule has 3 aromatic rings. The topological polar surface area (TPSA) is 66.5 Å². The molecule has 0 radical (unpaired) electrons. The predicted molar refractivity (Wildman–Crippen MR) is 115 cm³/mol. The number of carbonyl (C=O) groups is 1. The highest BCUT2D eigenvalue weighted by atomic mass is 32.2. The molecule has 0 fully saturated rings. The molecule has 0 saturated heterocycles. The van der Waals surface area contributed by atoms with Crippen molar-refractivity contribution in [3.05, 3.63) is 89.5 Å². The van der Waals surface area contributed by atoms with Crippen molar-refractivity contribution in [2.24, 2.45) is 0 Å². The second-order valence-corrected chi connectivity index (χ2v) is 9.35. The zero-order valence-corrected chi connectivity index (χ0v) is 17.7. The number of hydrogen-bond donors (Lipinski definition) is 1. The summed E-state index contributed by atoms with van der Waals surface area (Å²) in [5, 5.41) is 2.57. The standard InChI is InChI=1S/C23H19F3N2O3S/c1-15-13-17-14-16(22(29)27-19-10-8-18(9-11-19)23(24,25)26)7-12-21(17)28(15)32(30,31)20-5-3-2-4-6-20/h2-12,14-15H,13H2,1H3,(H,27,29)/t15-/m1/s1. The largest absolute Gasteiger partial charge is 0.416 e. The Kier molecular flexibility index (Phi) is 5.46. The number of anilines is 2. The van der Waals surface area contributed by atoms with Crippen molar-refractivity contribution >= 4 is 27.3 Å². The predicted octanol–water partition coefficient (Wildman–Crippen LogP) is 5.10. The van der Waals surface area contributed by atoms with Crippen LogP contribution in [0.4, 0.5) is 24.5 Å². The number of carbonyl (C=O) groups excluding carboxylic acids is 1. The third kappa shape index (κ3) is 4.08. The zero-order chi connectivity index (χ0) is 23.1. The number of alkyl halides is 3. The second-order valence-electron chi connectivity index (χ2n) is 7.54. The number of sulfonamides is 1. The van der Waals surface area contributed by atoms with Gasteiger partial charge in [-0.2, -0.15) is 13.2 Å². The van der Waals surface area contributed by atoms with Gasteiger partial charge in [0.1, 0.15) is 0 Å². The number of fused-ring (bicyclic) bond motifs is 1. The summed E-state index contributed by atoms with van der Waals surface area (Å²) in [6.45, 7) is 1.79. The van der Waals surface area contributed by atoms with Gasteiger partial charge in [-0.15, -0.1) is 0 Å². The maximum atomic E-state index is 13.1. The maximum Gasteiger partial charge on any atom is 0.416 e. The molecule has 1 amide bonds. The quantitative estimate of drug-likeness (QED) is 0.589. The van der Waals surface area contributed by atoms with E-state index in [1.165, 1.54) is 34.6 Å². The fourth-order valence-corrected chi connectivity index (χ4v) is 5.48. The highest BCUT2D eigenvalue weighted by Crippen LogP contribution is 2.37. The molecule has 9 heteroatoms. The lowest BCUT2D eigenvalue weighted by Crippen LogP contribution is -2.35. The first-order valence-electron chi connectivity index (χ1n) is 9.78. The Balaban J connectivity index is 1.57. The SMILES string of the molecule is C[C@@H]1Cc2cc(C(=O)Nc3ccc(C(F)(F)F)cc3)ccc2N1S(=O)(=O)c1ccccc1. The number of amides is 1. The van der Waals surface area contributed by atoms with E-state index in [0.717, 1.165) is 12.1 Å². The molecule has 4 rings (SSSR count). The van der Waals surface area contributed by atoms with Crippen molar-refractivity contribution in [1.29, 1.82) is 0 Å². The highest BCUT2D eigenvalue weighted by molar-refractivity contribution is 7.92. The summed E-state index contributed by atoms with van der Waals surface area (Å²) in [6.07, 6.45) is -4.02. The van der Waals surface area contributed by atoms with Crippen LogP contribution in [0.5, 0.6) is 0 Å². The van der Waals surface area contributed by atoms with Crippen molar-refractivity contribution in [3.8, 4) is 0 Å². The lowest BCUT2D eigenvalue weighted by atomic mass is 10.1. The normalized spacial score (nSPS) is 16.0. The van der Waals surface area contributed by atoms with E-state index >= 15 is 0 Å². The average Bonchev–Trinajstić information content (AvgIpc) is 3.09. The van der Waals surface area contributed by atoms with Gasteiger partial charge in [-0.3, -0.25) is 9.10 Å². The van der Waals surface area contributed by atoms with Gasteiger partial charge in [0.2, 0.25) is 0 Å². The van der Waals surface area contributed by atoms with Gasteiger partial charge >= 0.3 is 6.18 Å². The molecule has 1 N–H and O–H groups in total. The number of halogens is 3. The van der Waals surface area contributed by atoms with E-state index in [9.17, 15) is 26.4 Å². The fraction of sp³-hybridized carbons (Fsp3) is 0.174. The smallest absolute Gasteiger partial charge is 0.322 e. The molecule has 1 heterocycles. The molecule has 0 unspecified atom stereocenters. The third-order valence-corrected chi connectivity index (χ3v) is 7.21. The van der Waals surface area contributed by atoms with Crippen molar-refractivity contribution in [3.63, 3.8) is 0 Å². The lowest BCUT2D eigenvalue weighted by molar-refractivity contribution is -0.137. The van der Waals surface area contributed by atoms with Crippen LogP contribution in [-0.2, 0) is 22.6 Å². The van der Waals surface area contributed by atoms with Crippen molar-refractivity contribution in [2.45, 2.75) is 30.5 Å². The van der Waals surface area contributed by atoms with Gasteiger partial charge in [0.05, 0.1) is 16.1 Å². The summed E-state index contributed by atoms with van der Waals surface area (Å²) in [7, 11) is -3.76. The highest BCUT2D eigenvalue weighted by Gasteiger charge is 2.36. The van der Waals surface area contributed by atoms with Crippen LogP contribution in [0.25, 0.3) is 0 Å². The number of nitrogens with one attached hydrogen (secondary N) is 1. The summed E-state index contributed by atoms with van der Waals surface area (Å²) in [6, 6.07) is 16.7. The van der Waals surface area contributed by atoms with Gasteiger partial charge in [-0.1, -0.05) is 18.2 Å². The van der Waals surface area contributed by atoms with Gasteiger partial charge in [0.25, 0.3) is 15.9 Å². The van der Waals surface area contributed by atoms with E-state index in [1.54, 1.807) is 37.3 Å². The van der Waals surface area contributed by atoms with E-state index in [2.05, 4.69) is 5.32 Å². The Labute approximate surface area is 183 Å². The average molecular weight is 460 g/mol. The minimum Gasteiger partial charge on any atom is -0.322 e. The van der Waals surface area contributed by atoms with Crippen LogP contribution in [0.3, 0.4) is 0 Å². The van der Waals surface area contributed by atoms with Gasteiger partial charge in [-0.05, 0) is 73.5 Å². The monoisotopic (exact) mass is 460 g/mol. The molecule has 3 aromatic carbocycles. The van der Waals surface area contributed by atoms with Crippen LogP contribution in [0.1, 0.15) is 28.4 Å². The molecule has 1 aliphatic rings. The van der Waals surface area contributed by atoms with Crippen molar-refractivity contribution in [1.82, 2.24) is 0 Å². The van der Waals surface area contributed by atoms with Crippen LogP contribution >= 0.6 is 0 Å². The summed E-state index contributed by atoms with van der Waals surface area (Å²) in [5.74, 6) is -0.496. The van der Waals surface area contributed by atoms with E-state index in [0.29, 0.717) is 17.7 Å². The Morgan fingerprint density at radius 3 is 2.28 bits per heavy atom. The van der Waals surface area contributed by atoms with Gasteiger partial charge < -0.3 is 5.32 Å². The number of hydrogen-bond acceptors (Lipinski definition) is 3. The molecule has 166 valence electrons. The van der Waals surface area contributed by atoms with Crippen LogP contribution < -0.4 is 9.62 Å². The molecule has 5 nitrogen and oxygen atoms in total. The van der Waals surface area contributed by atoms with E-state index in [1.807, 2.05) is 0 Å². The van der Waals surface area contributed by atoms with Crippen LogP contribution in [0.15, 0.2) is 77.7 Å². The van der Waals surface area contributed by atoms with Crippen LogP contribution in [0, 0.1) is 0 Å². The number of rotatable bonds is 4. The van der Waals surface area contributed by atoms with Gasteiger partial charge in [0, 0.05) is 17.3 Å². The van der Waals surface area contributed by atoms with E-state index in [4.69, 9.17) is 0 Å². The van der Waals surface area contributed by atoms with Crippen LogP contribution in [-0.4, -0.2) is 20.4 Å². The summed E-state index contributed by atoms with van der Waals surface area (Å²) in [4.78, 5) is 12.8. The molecule has 0 spiro atoms. The molecule has 0 saturated carbocycles. The summed E-state index contributed by atoms with van der Waals surface area (Å²) in [5.41, 5.74) is 0.922. The van der Waals surface area contributed by atoms with Crippen molar-refractivity contribution in [2.75, 3.05) is 9.62 Å². The first kappa shape index (κ1) is 21.9. The minimum atomic E-state index is -4.45. The molecule has 0 aromatic heterocycles. The zero-order valence-electron chi connectivity index (χ0n) is 16.9. The molecular weight excluding hydrogens is 441 g/mol. The second kappa shape index (κ2) is 7.98. The molecule has 1 atom stereocenters. The van der Waals surface area contributed by atoms with E-state index in [-0.39, 0.29) is 22.2 Å². The first-order valence-corrected chi connectivity index (χ1v) is 11.2. The summed E-state index contributed by atoms with van der Waals surface area (Å²) >= 11 is 0. The maximum absolute atomic E-state index is 13.1. The van der Waals surface area contributed by atoms with Gasteiger partial charge in [0.15, 0.2) is 0 Å². The van der Waals surface area contributed by atoms with Crippen LogP contribution in [0.2, 0.25) is 0 Å². The molecule has 0 bridgehead atoms. The minimum absolute atomic E-state index is 0.184. The fourth-order valence-electron chi connectivity index (χ4n) is 3.76.